The van der Waals surface area contributed by atoms with Crippen molar-refractivity contribution in [3.05, 3.63) is 59.3 Å². The van der Waals surface area contributed by atoms with E-state index in [4.69, 9.17) is 0 Å². The summed E-state index contributed by atoms with van der Waals surface area (Å²) in [6.07, 6.45) is 1.47. The van der Waals surface area contributed by atoms with Gasteiger partial charge >= 0.3 is 0 Å². The summed E-state index contributed by atoms with van der Waals surface area (Å²) >= 11 is 0. The first kappa shape index (κ1) is 18.0. The lowest BCUT2D eigenvalue weighted by atomic mass is 9.84. The molecule has 1 N–H and O–H groups in total. The molecular weight excluding hydrogens is 333 g/mol. The molecule has 6 nitrogen and oxygen atoms in total. The van der Waals surface area contributed by atoms with Crippen LogP contribution in [0.4, 0.5) is 4.39 Å². The number of hydrogen-bond acceptors (Lipinski definition) is 4. The van der Waals surface area contributed by atoms with Gasteiger partial charge in [-0.2, -0.15) is 9.61 Å². The van der Waals surface area contributed by atoms with Crippen LogP contribution in [-0.2, 0) is 5.41 Å². The largest absolute Gasteiger partial charge is 0.350 e. The van der Waals surface area contributed by atoms with Crippen LogP contribution in [0.3, 0.4) is 0 Å². The highest BCUT2D eigenvalue weighted by molar-refractivity contribution is 5.92. The Morgan fingerprint density at radius 1 is 1.31 bits per heavy atom. The summed E-state index contributed by atoms with van der Waals surface area (Å²) in [5.41, 5.74) is 1.83. The number of fused-ring (bicyclic) bond motifs is 1. The van der Waals surface area contributed by atoms with Crippen molar-refractivity contribution in [1.82, 2.24) is 25.1 Å². The molecule has 0 aliphatic heterocycles. The molecule has 7 heteroatoms. The highest BCUT2D eigenvalue weighted by Crippen LogP contribution is 2.25. The second kappa shape index (κ2) is 6.82. The van der Waals surface area contributed by atoms with Gasteiger partial charge in [0, 0.05) is 17.5 Å². The number of carbonyl (C=O) groups excluding carboxylic acids is 1. The summed E-state index contributed by atoms with van der Waals surface area (Å²) in [5.74, 6) is -0.420. The van der Waals surface area contributed by atoms with Gasteiger partial charge in [0.15, 0.2) is 5.65 Å². The third kappa shape index (κ3) is 3.42. The van der Waals surface area contributed by atoms with Crippen LogP contribution in [0.5, 0.6) is 0 Å². The lowest BCUT2D eigenvalue weighted by Gasteiger charge is -2.26. The highest BCUT2D eigenvalue weighted by Gasteiger charge is 2.25. The lowest BCUT2D eigenvalue weighted by Crippen LogP contribution is -2.37. The van der Waals surface area contributed by atoms with Crippen molar-refractivity contribution in [2.75, 3.05) is 6.54 Å². The number of hydrogen-bond donors (Lipinski definition) is 1. The molecule has 26 heavy (non-hydrogen) atoms. The molecule has 0 fully saturated rings. The molecule has 1 aromatic carbocycles. The Labute approximate surface area is 151 Å². The number of halogens is 1. The number of amides is 1. The molecule has 0 unspecified atom stereocenters. The van der Waals surface area contributed by atoms with E-state index in [1.54, 1.807) is 24.3 Å². The summed E-state index contributed by atoms with van der Waals surface area (Å²) < 4.78 is 15.6. The molecule has 2 aromatic heterocycles. The summed E-state index contributed by atoms with van der Waals surface area (Å²) in [5, 5.41) is 15.0. The molecule has 0 saturated carbocycles. The molecule has 0 spiro atoms. The van der Waals surface area contributed by atoms with Crippen LogP contribution < -0.4 is 5.32 Å². The average Bonchev–Trinajstić information content (AvgIpc) is 3.07. The van der Waals surface area contributed by atoms with Gasteiger partial charge in [0.1, 0.15) is 17.8 Å². The first-order valence-electron chi connectivity index (χ1n) is 8.54. The number of rotatable bonds is 5. The Hall–Kier alpha value is -2.83. The molecule has 0 aliphatic carbocycles. The van der Waals surface area contributed by atoms with E-state index in [2.05, 4.69) is 20.6 Å². The Bertz CT molecular complexity index is 948. The molecule has 0 bridgehead atoms. The fourth-order valence-electron chi connectivity index (χ4n) is 2.88. The Morgan fingerprint density at radius 2 is 2.04 bits per heavy atom. The van der Waals surface area contributed by atoms with Gasteiger partial charge < -0.3 is 5.32 Å². The van der Waals surface area contributed by atoms with Crippen LogP contribution in [0.25, 0.3) is 5.65 Å². The van der Waals surface area contributed by atoms with E-state index in [1.807, 2.05) is 27.7 Å². The maximum Gasteiger partial charge on any atom is 0.271 e. The van der Waals surface area contributed by atoms with E-state index in [0.29, 0.717) is 11.2 Å². The minimum atomic E-state index is -0.553. The molecule has 0 aliphatic rings. The van der Waals surface area contributed by atoms with Gasteiger partial charge in [-0.1, -0.05) is 45.9 Å². The second-order valence-corrected chi connectivity index (χ2v) is 7.29. The first-order chi connectivity index (χ1) is 12.3. The van der Waals surface area contributed by atoms with Crippen molar-refractivity contribution in [3.63, 3.8) is 0 Å². The van der Waals surface area contributed by atoms with Crippen molar-refractivity contribution < 1.29 is 9.18 Å². The zero-order valence-electron chi connectivity index (χ0n) is 15.3. The molecule has 0 saturated heterocycles. The molecule has 0 atom stereocenters. The Morgan fingerprint density at radius 3 is 2.73 bits per heavy atom. The molecule has 0 radical (unpaired) electrons. The van der Waals surface area contributed by atoms with Gasteiger partial charge in [-0.05, 0) is 23.6 Å². The Kier molecular flexibility index (Phi) is 4.71. The monoisotopic (exact) mass is 355 g/mol. The molecule has 2 heterocycles. The molecular formula is C19H22FN5O. The van der Waals surface area contributed by atoms with Crippen molar-refractivity contribution in [2.24, 2.45) is 0 Å². The van der Waals surface area contributed by atoms with Gasteiger partial charge in [0.25, 0.3) is 5.91 Å². The predicted octanol–water partition coefficient (Wildman–Crippen LogP) is 3.09. The molecule has 3 aromatic rings. The fourth-order valence-corrected chi connectivity index (χ4v) is 2.88. The fraction of sp³-hybridized carbons (Fsp3) is 0.368. The number of nitrogens with one attached hydrogen (secondary N) is 1. The van der Waals surface area contributed by atoms with Gasteiger partial charge in [0.2, 0.25) is 0 Å². The van der Waals surface area contributed by atoms with E-state index >= 15 is 0 Å². The van der Waals surface area contributed by atoms with Crippen LogP contribution in [0.1, 0.15) is 55.2 Å². The summed E-state index contributed by atoms with van der Waals surface area (Å²) in [6, 6.07) is 8.34. The molecule has 1 amide bonds. The van der Waals surface area contributed by atoms with E-state index in [0.717, 1.165) is 5.56 Å². The van der Waals surface area contributed by atoms with Gasteiger partial charge in [-0.25, -0.2) is 4.39 Å². The third-order valence-electron chi connectivity index (χ3n) is 4.44. The second-order valence-electron chi connectivity index (χ2n) is 7.29. The first-order valence-corrected chi connectivity index (χ1v) is 8.54. The SMILES string of the molecule is CC(C)c1cc(C(=O)NCC(C)(C)c2ccccc2F)nn2cnnc12. The van der Waals surface area contributed by atoms with Crippen molar-refractivity contribution in [3.8, 4) is 0 Å². The smallest absolute Gasteiger partial charge is 0.271 e. The third-order valence-corrected chi connectivity index (χ3v) is 4.44. The summed E-state index contributed by atoms with van der Waals surface area (Å²) in [7, 11) is 0. The predicted molar refractivity (Wildman–Crippen MR) is 96.6 cm³/mol. The normalized spacial score (nSPS) is 11.9. The zero-order chi connectivity index (χ0) is 18.9. The average molecular weight is 355 g/mol. The molecule has 3 rings (SSSR count). The Balaban J connectivity index is 1.82. The maximum atomic E-state index is 14.1. The van der Waals surface area contributed by atoms with Crippen LogP contribution in [0.2, 0.25) is 0 Å². The maximum absolute atomic E-state index is 14.1. The minimum Gasteiger partial charge on any atom is -0.350 e. The number of benzene rings is 1. The van der Waals surface area contributed by atoms with E-state index in [1.165, 1.54) is 16.9 Å². The van der Waals surface area contributed by atoms with Crippen molar-refractivity contribution in [2.45, 2.75) is 39.0 Å². The van der Waals surface area contributed by atoms with Crippen LogP contribution in [0, 0.1) is 5.82 Å². The quantitative estimate of drug-likeness (QED) is 0.763. The zero-order valence-corrected chi connectivity index (χ0v) is 15.3. The number of aromatic nitrogens is 4. The van der Waals surface area contributed by atoms with Gasteiger partial charge in [-0.15, -0.1) is 10.2 Å². The van der Waals surface area contributed by atoms with E-state index < -0.39 is 5.41 Å². The minimum absolute atomic E-state index is 0.172. The summed E-state index contributed by atoms with van der Waals surface area (Å²) in [6.45, 7) is 8.11. The number of nitrogens with zero attached hydrogens (tertiary/aromatic N) is 4. The van der Waals surface area contributed by atoms with Gasteiger partial charge in [0.05, 0.1) is 0 Å². The van der Waals surface area contributed by atoms with Crippen molar-refractivity contribution >= 4 is 11.6 Å². The number of carbonyl (C=O) groups is 1. The standard InChI is InChI=1S/C19H22FN5O/c1-12(2)13-9-16(24-25-11-22-23-17(13)25)18(26)21-10-19(3,4)14-7-5-6-8-15(14)20/h5-9,11-12H,10H2,1-4H3,(H,21,26). The van der Waals surface area contributed by atoms with E-state index in [-0.39, 0.29) is 29.9 Å². The topological polar surface area (TPSA) is 72.2 Å². The van der Waals surface area contributed by atoms with Crippen LogP contribution in [-0.4, -0.2) is 32.3 Å². The van der Waals surface area contributed by atoms with Gasteiger partial charge in [-0.3, -0.25) is 4.79 Å². The van der Waals surface area contributed by atoms with E-state index in [9.17, 15) is 9.18 Å². The van der Waals surface area contributed by atoms with Crippen LogP contribution in [0.15, 0.2) is 36.7 Å². The van der Waals surface area contributed by atoms with Crippen molar-refractivity contribution in [1.29, 1.82) is 0 Å². The summed E-state index contributed by atoms with van der Waals surface area (Å²) in [4.78, 5) is 12.6. The lowest BCUT2D eigenvalue weighted by molar-refractivity contribution is 0.0939. The highest BCUT2D eigenvalue weighted by atomic mass is 19.1. The van der Waals surface area contributed by atoms with Crippen LogP contribution >= 0.6 is 0 Å². The molecule has 136 valence electrons.